The van der Waals surface area contributed by atoms with Crippen LogP contribution in [0.5, 0.6) is 0 Å². The zero-order valence-electron chi connectivity index (χ0n) is 13.7. The van der Waals surface area contributed by atoms with Gasteiger partial charge in [0.2, 0.25) is 0 Å². The van der Waals surface area contributed by atoms with Gasteiger partial charge in [0, 0.05) is 19.6 Å². The number of ether oxygens (including phenoxy) is 1. The average molecular weight is 437 g/mol. The van der Waals surface area contributed by atoms with E-state index in [4.69, 9.17) is 4.74 Å². The van der Waals surface area contributed by atoms with Crippen molar-refractivity contribution in [2.45, 2.75) is 26.2 Å². The number of benzene rings is 2. The Balaban J connectivity index is 0.00000208. The van der Waals surface area contributed by atoms with E-state index in [0.717, 1.165) is 32.0 Å². The van der Waals surface area contributed by atoms with Crippen molar-refractivity contribution < 1.29 is 4.74 Å². The molecule has 0 fully saturated rings. The van der Waals surface area contributed by atoms with Crippen molar-refractivity contribution in [3.8, 4) is 0 Å². The fraction of sp³-hybridized carbons (Fsp3) is 0.316. The highest BCUT2D eigenvalue weighted by Gasteiger charge is 2.03. The van der Waals surface area contributed by atoms with Crippen LogP contribution in [-0.4, -0.2) is 19.0 Å². The summed E-state index contributed by atoms with van der Waals surface area (Å²) in [5.74, 6) is 0.905. The molecule has 0 saturated heterocycles. The lowest BCUT2D eigenvalue weighted by Gasteiger charge is -2.16. The number of guanidine groups is 1. The molecule has 5 heteroatoms. The predicted molar refractivity (Wildman–Crippen MR) is 109 cm³/mol. The maximum absolute atomic E-state index is 5.80. The van der Waals surface area contributed by atoms with Crippen molar-refractivity contribution in [1.82, 2.24) is 10.6 Å². The van der Waals surface area contributed by atoms with Crippen molar-refractivity contribution in [3.63, 3.8) is 0 Å². The van der Waals surface area contributed by atoms with Crippen LogP contribution in [0.25, 0.3) is 0 Å². The molecule has 2 N–H and O–H groups in total. The Kier molecular flexibility index (Phi) is 8.04. The largest absolute Gasteiger partial charge is 0.372 e. The summed E-state index contributed by atoms with van der Waals surface area (Å²) in [6.45, 7) is 3.95. The Bertz CT molecular complexity index is 646. The first-order chi connectivity index (χ1) is 11.4. The zero-order valence-corrected chi connectivity index (χ0v) is 16.0. The normalized spacial score (nSPS) is 13.4. The fourth-order valence-electron chi connectivity index (χ4n) is 2.53. The molecule has 0 atom stereocenters. The van der Waals surface area contributed by atoms with Gasteiger partial charge in [0.1, 0.15) is 0 Å². The number of halogens is 1. The third kappa shape index (κ3) is 6.13. The lowest BCUT2D eigenvalue weighted by molar-refractivity contribution is 0.107. The Hall–Kier alpha value is -1.60. The van der Waals surface area contributed by atoms with Crippen LogP contribution in [0.15, 0.2) is 59.6 Å². The predicted octanol–water partition coefficient (Wildman–Crippen LogP) is 3.46. The summed E-state index contributed by atoms with van der Waals surface area (Å²) in [6, 6.07) is 18.7. The monoisotopic (exact) mass is 437 g/mol. The van der Waals surface area contributed by atoms with Crippen LogP contribution in [0.1, 0.15) is 23.1 Å². The topological polar surface area (TPSA) is 45.6 Å². The molecule has 24 heavy (non-hydrogen) atoms. The second-order valence-electron chi connectivity index (χ2n) is 5.66. The molecule has 2 aromatic rings. The molecule has 0 bridgehead atoms. The third-order valence-corrected chi connectivity index (χ3v) is 3.73. The number of nitrogens with one attached hydrogen (secondary N) is 2. The molecule has 3 rings (SSSR count). The Morgan fingerprint density at radius 3 is 2.50 bits per heavy atom. The summed E-state index contributed by atoms with van der Waals surface area (Å²) < 4.78 is 5.80. The van der Waals surface area contributed by atoms with E-state index in [9.17, 15) is 0 Å². The maximum atomic E-state index is 5.80. The van der Waals surface area contributed by atoms with Gasteiger partial charge in [-0.3, -0.25) is 4.99 Å². The van der Waals surface area contributed by atoms with Crippen molar-refractivity contribution in [3.05, 3.63) is 71.3 Å². The lowest BCUT2D eigenvalue weighted by Crippen LogP contribution is -2.40. The Morgan fingerprint density at radius 1 is 0.958 bits per heavy atom. The van der Waals surface area contributed by atoms with Gasteiger partial charge in [0.15, 0.2) is 5.96 Å². The second kappa shape index (κ2) is 10.3. The molecule has 1 aliphatic rings. The first-order valence-electron chi connectivity index (χ1n) is 8.12. The van der Waals surface area contributed by atoms with Gasteiger partial charge in [0.25, 0.3) is 0 Å². The Labute approximate surface area is 160 Å². The van der Waals surface area contributed by atoms with E-state index in [0.29, 0.717) is 13.2 Å². The summed E-state index contributed by atoms with van der Waals surface area (Å²) in [7, 11) is 0. The van der Waals surface area contributed by atoms with E-state index >= 15 is 0 Å². The molecular formula is C19H24IN3O. The molecule has 4 nitrogen and oxygen atoms in total. The molecule has 0 saturated carbocycles. The lowest BCUT2D eigenvalue weighted by atomic mass is 10.1. The summed E-state index contributed by atoms with van der Waals surface area (Å²) in [5.41, 5.74) is 3.63. The highest BCUT2D eigenvalue weighted by Crippen LogP contribution is 2.09. The van der Waals surface area contributed by atoms with Crippen molar-refractivity contribution >= 4 is 29.9 Å². The van der Waals surface area contributed by atoms with Crippen LogP contribution in [0.4, 0.5) is 0 Å². The highest BCUT2D eigenvalue weighted by molar-refractivity contribution is 14.0. The standard InChI is InChI=1S/C19H23N3O.HI/c1-2-6-16(7-3-1)14-23-15-18-9-4-8-17(12-18)13-22-19-20-10-5-11-21-19;/h1-4,6-9,12H,5,10-11,13-15H2,(H2,20,21,22);1H. The number of aliphatic imine (C=N–C) groups is 1. The SMILES string of the molecule is I.c1ccc(COCc2cccc(CNC3=NCCCN3)c2)cc1. The Morgan fingerprint density at radius 2 is 1.71 bits per heavy atom. The molecule has 0 aromatic heterocycles. The van der Waals surface area contributed by atoms with Crippen LogP contribution in [-0.2, 0) is 24.5 Å². The van der Waals surface area contributed by atoms with Gasteiger partial charge in [-0.2, -0.15) is 0 Å². The number of nitrogens with zero attached hydrogens (tertiary/aromatic N) is 1. The number of rotatable bonds is 6. The van der Waals surface area contributed by atoms with Gasteiger partial charge in [-0.15, -0.1) is 24.0 Å². The van der Waals surface area contributed by atoms with Crippen LogP contribution >= 0.6 is 24.0 Å². The van der Waals surface area contributed by atoms with E-state index in [-0.39, 0.29) is 24.0 Å². The van der Waals surface area contributed by atoms with Crippen molar-refractivity contribution in [2.75, 3.05) is 13.1 Å². The summed E-state index contributed by atoms with van der Waals surface area (Å²) in [4.78, 5) is 4.42. The van der Waals surface area contributed by atoms with E-state index in [2.05, 4.69) is 52.0 Å². The van der Waals surface area contributed by atoms with Gasteiger partial charge in [-0.05, 0) is 23.1 Å². The van der Waals surface area contributed by atoms with Gasteiger partial charge >= 0.3 is 0 Å². The highest BCUT2D eigenvalue weighted by atomic mass is 127. The molecular weight excluding hydrogens is 413 g/mol. The van der Waals surface area contributed by atoms with Gasteiger partial charge in [0.05, 0.1) is 13.2 Å². The van der Waals surface area contributed by atoms with E-state index in [1.165, 1.54) is 16.7 Å². The quantitative estimate of drug-likeness (QED) is 0.681. The van der Waals surface area contributed by atoms with Gasteiger partial charge in [-0.25, -0.2) is 0 Å². The molecule has 1 aliphatic heterocycles. The molecule has 2 aromatic carbocycles. The van der Waals surface area contributed by atoms with E-state index < -0.39 is 0 Å². The second-order valence-corrected chi connectivity index (χ2v) is 5.66. The summed E-state index contributed by atoms with van der Waals surface area (Å²) in [6.07, 6.45) is 1.11. The molecule has 1 heterocycles. The minimum Gasteiger partial charge on any atom is -0.372 e. The van der Waals surface area contributed by atoms with Crippen LogP contribution < -0.4 is 10.6 Å². The molecule has 0 radical (unpaired) electrons. The minimum absolute atomic E-state index is 0. The molecule has 0 spiro atoms. The van der Waals surface area contributed by atoms with Crippen molar-refractivity contribution in [2.24, 2.45) is 4.99 Å². The van der Waals surface area contributed by atoms with Crippen molar-refractivity contribution in [1.29, 1.82) is 0 Å². The molecule has 0 unspecified atom stereocenters. The number of hydrogen-bond acceptors (Lipinski definition) is 4. The first-order valence-corrected chi connectivity index (χ1v) is 8.12. The maximum Gasteiger partial charge on any atom is 0.191 e. The van der Waals surface area contributed by atoms with Crippen LogP contribution in [0.3, 0.4) is 0 Å². The van der Waals surface area contributed by atoms with Gasteiger partial charge < -0.3 is 15.4 Å². The third-order valence-electron chi connectivity index (χ3n) is 3.73. The van der Waals surface area contributed by atoms with Crippen LogP contribution in [0.2, 0.25) is 0 Å². The molecule has 0 aliphatic carbocycles. The van der Waals surface area contributed by atoms with E-state index in [1.54, 1.807) is 0 Å². The average Bonchev–Trinajstić information content (AvgIpc) is 2.62. The fourth-order valence-corrected chi connectivity index (χ4v) is 2.53. The van der Waals surface area contributed by atoms with Gasteiger partial charge in [-0.1, -0.05) is 54.6 Å². The zero-order chi connectivity index (χ0) is 15.7. The summed E-state index contributed by atoms with van der Waals surface area (Å²) in [5, 5.41) is 6.62. The first kappa shape index (κ1) is 18.7. The van der Waals surface area contributed by atoms with Crippen LogP contribution in [0, 0.1) is 0 Å². The number of hydrogen-bond donors (Lipinski definition) is 2. The molecule has 128 valence electrons. The smallest absolute Gasteiger partial charge is 0.191 e. The summed E-state index contributed by atoms with van der Waals surface area (Å²) >= 11 is 0. The minimum atomic E-state index is 0. The van der Waals surface area contributed by atoms with E-state index in [1.807, 2.05) is 18.2 Å². The molecule has 0 amide bonds.